The van der Waals surface area contributed by atoms with Crippen LogP contribution in [0.2, 0.25) is 0 Å². The quantitative estimate of drug-likeness (QED) is 0.166. The lowest BCUT2D eigenvalue weighted by molar-refractivity contribution is -0.968. The van der Waals surface area contributed by atoms with Crippen molar-refractivity contribution >= 4 is 17.9 Å². The second-order valence-corrected chi connectivity index (χ2v) is 8.28. The van der Waals surface area contributed by atoms with Crippen LogP contribution in [0.15, 0.2) is 12.2 Å². The van der Waals surface area contributed by atoms with E-state index in [1.807, 2.05) is 0 Å². The fourth-order valence-electron chi connectivity index (χ4n) is 4.13. The lowest BCUT2D eigenvalue weighted by Gasteiger charge is -2.47. The maximum Gasteiger partial charge on any atom is 0.362 e. The average Bonchev–Trinajstić information content (AvgIpc) is 2.70. The van der Waals surface area contributed by atoms with E-state index in [0.29, 0.717) is 6.42 Å². The van der Waals surface area contributed by atoms with E-state index in [1.165, 1.54) is 59.3 Å². The molecule has 0 aromatic rings. The number of aliphatic carboxylic acids is 3. The zero-order valence-corrected chi connectivity index (χ0v) is 19.2. The summed E-state index contributed by atoms with van der Waals surface area (Å²) < 4.78 is -0.499. The molecule has 0 spiro atoms. The second kappa shape index (κ2) is 15.0. The normalized spacial score (nSPS) is 16.7. The first-order chi connectivity index (χ1) is 14.1. The van der Waals surface area contributed by atoms with Crippen molar-refractivity contribution in [3.05, 3.63) is 12.2 Å². The van der Waals surface area contributed by atoms with Gasteiger partial charge in [0.05, 0.1) is 6.54 Å². The second-order valence-electron chi connectivity index (χ2n) is 8.28. The number of nitrogens with zero attached hydrogens (tertiary/aromatic N) is 1. The Kier molecular flexibility index (Phi) is 14.0. The molecule has 0 radical (unpaired) electrons. The van der Waals surface area contributed by atoms with Crippen molar-refractivity contribution < 1.29 is 34.2 Å². The minimum atomic E-state index is -1.19. The highest BCUT2D eigenvalue weighted by Gasteiger charge is 2.52. The van der Waals surface area contributed by atoms with E-state index in [2.05, 4.69) is 19.1 Å². The van der Waals surface area contributed by atoms with Gasteiger partial charge in [-0.2, -0.15) is 0 Å². The molecule has 7 nitrogen and oxygen atoms in total. The van der Waals surface area contributed by atoms with Crippen molar-refractivity contribution in [2.24, 2.45) is 0 Å². The van der Waals surface area contributed by atoms with Crippen molar-refractivity contribution in [3.8, 4) is 0 Å². The number of unbranched alkanes of at least 4 members (excludes halogenated alkanes) is 8. The molecule has 3 unspecified atom stereocenters. The molecule has 0 saturated carbocycles. The summed E-state index contributed by atoms with van der Waals surface area (Å²) in [6, 6.07) is -3.40. The van der Waals surface area contributed by atoms with Crippen LogP contribution in [0.1, 0.15) is 91.9 Å². The zero-order valence-electron chi connectivity index (χ0n) is 19.2. The third-order valence-electron chi connectivity index (χ3n) is 6.29. The van der Waals surface area contributed by atoms with Gasteiger partial charge in [0.2, 0.25) is 0 Å². The van der Waals surface area contributed by atoms with Crippen molar-refractivity contribution in [1.82, 2.24) is 0 Å². The van der Waals surface area contributed by atoms with E-state index < -0.39 is 40.5 Å². The molecule has 30 heavy (non-hydrogen) atoms. The van der Waals surface area contributed by atoms with Gasteiger partial charge in [-0.15, -0.1) is 0 Å². The van der Waals surface area contributed by atoms with Crippen LogP contribution in [-0.4, -0.2) is 62.4 Å². The molecule has 0 rings (SSSR count). The van der Waals surface area contributed by atoms with Gasteiger partial charge in [0.25, 0.3) is 0 Å². The van der Waals surface area contributed by atoms with Crippen molar-refractivity contribution in [2.75, 3.05) is 6.54 Å². The molecule has 0 aliphatic carbocycles. The Morgan fingerprint density at radius 3 is 1.43 bits per heavy atom. The number of quaternary nitrogens is 1. The number of allylic oxidation sites excluding steroid dienone is 2. The number of rotatable bonds is 18. The van der Waals surface area contributed by atoms with Crippen molar-refractivity contribution in [3.63, 3.8) is 0 Å². The van der Waals surface area contributed by atoms with Gasteiger partial charge in [0.15, 0.2) is 18.1 Å². The van der Waals surface area contributed by atoms with Crippen LogP contribution in [0.3, 0.4) is 0 Å². The SMILES string of the molecule is CCCCCCCC/C=C/CCCC[N+](C(C)C(=O)O)(C(C)C(=O)O)C(C)C(=O)O. The van der Waals surface area contributed by atoms with Crippen LogP contribution >= 0.6 is 0 Å². The lowest BCUT2D eigenvalue weighted by atomic mass is 10.0. The third-order valence-corrected chi connectivity index (χ3v) is 6.29. The van der Waals surface area contributed by atoms with Gasteiger partial charge in [-0.3, -0.25) is 4.48 Å². The molecule has 0 aliphatic heterocycles. The summed E-state index contributed by atoms with van der Waals surface area (Å²) in [5.74, 6) is -3.56. The molecule has 0 aromatic heterocycles. The van der Waals surface area contributed by atoms with Gasteiger partial charge < -0.3 is 15.3 Å². The summed E-state index contributed by atoms with van der Waals surface area (Å²) in [7, 11) is 0. The standard InChI is InChI=1S/C23H41NO6/c1-5-6-7-8-9-10-11-12-13-14-15-16-17-24(18(2)21(25)26,19(3)22(27)28)20(4)23(29)30/h12-13,18-20H,5-11,14-17H2,1-4H3,(H2-,25,26,27,28,29,30)/p+1/b13-12+. The number of carboxylic acids is 3. The largest absolute Gasteiger partial charge is 0.477 e. The van der Waals surface area contributed by atoms with Crippen LogP contribution in [0, 0.1) is 0 Å². The molecule has 0 saturated heterocycles. The summed E-state index contributed by atoms with van der Waals surface area (Å²) >= 11 is 0. The zero-order chi connectivity index (χ0) is 23.2. The predicted molar refractivity (Wildman–Crippen MR) is 117 cm³/mol. The molecule has 0 fully saturated rings. The van der Waals surface area contributed by atoms with E-state index in [9.17, 15) is 29.7 Å². The van der Waals surface area contributed by atoms with E-state index in [0.717, 1.165) is 19.3 Å². The maximum atomic E-state index is 11.7. The molecule has 3 N–H and O–H groups in total. The number of hydrogen-bond donors (Lipinski definition) is 3. The maximum absolute atomic E-state index is 11.7. The van der Waals surface area contributed by atoms with Gasteiger partial charge >= 0.3 is 17.9 Å². The number of carboxylic acid groups (broad SMARTS) is 3. The Labute approximate surface area is 181 Å². The summed E-state index contributed by atoms with van der Waals surface area (Å²) in [5.41, 5.74) is 0. The predicted octanol–water partition coefficient (Wildman–Crippen LogP) is 4.70. The molecule has 0 amide bonds. The Morgan fingerprint density at radius 1 is 0.667 bits per heavy atom. The van der Waals surface area contributed by atoms with Gasteiger partial charge in [0.1, 0.15) is 0 Å². The number of carbonyl (C=O) groups is 3. The first kappa shape index (κ1) is 28.1. The minimum absolute atomic E-state index is 0.194. The Balaban J connectivity index is 4.80. The van der Waals surface area contributed by atoms with Crippen LogP contribution in [0.5, 0.6) is 0 Å². The highest BCUT2D eigenvalue weighted by atomic mass is 16.4. The fraction of sp³-hybridized carbons (Fsp3) is 0.783. The van der Waals surface area contributed by atoms with Crippen molar-refractivity contribution in [1.29, 1.82) is 0 Å². The number of hydrogen-bond acceptors (Lipinski definition) is 3. The summed E-state index contributed by atoms with van der Waals surface area (Å²) in [4.78, 5) is 35.1. The molecular weight excluding hydrogens is 386 g/mol. The average molecular weight is 429 g/mol. The molecule has 0 aliphatic rings. The molecule has 7 heteroatoms. The molecular formula is C23H42NO6+. The van der Waals surface area contributed by atoms with Gasteiger partial charge in [0, 0.05) is 0 Å². The monoisotopic (exact) mass is 428 g/mol. The van der Waals surface area contributed by atoms with Gasteiger partial charge in [-0.1, -0.05) is 51.2 Å². The van der Waals surface area contributed by atoms with Crippen LogP contribution in [0.25, 0.3) is 0 Å². The summed E-state index contributed by atoms with van der Waals surface area (Å²) in [6.45, 7) is 6.61. The highest BCUT2D eigenvalue weighted by Crippen LogP contribution is 2.27. The first-order valence-electron chi connectivity index (χ1n) is 11.3. The first-order valence-corrected chi connectivity index (χ1v) is 11.3. The Morgan fingerprint density at radius 2 is 1.03 bits per heavy atom. The molecule has 0 bridgehead atoms. The Hall–Kier alpha value is -1.89. The topological polar surface area (TPSA) is 112 Å². The fourth-order valence-corrected chi connectivity index (χ4v) is 4.13. The van der Waals surface area contributed by atoms with Gasteiger partial charge in [-0.25, -0.2) is 14.4 Å². The van der Waals surface area contributed by atoms with E-state index in [1.54, 1.807) is 0 Å². The highest BCUT2D eigenvalue weighted by molar-refractivity contribution is 5.77. The van der Waals surface area contributed by atoms with Gasteiger partial charge in [-0.05, 0) is 52.9 Å². The molecule has 0 aromatic carbocycles. The van der Waals surface area contributed by atoms with E-state index >= 15 is 0 Å². The van der Waals surface area contributed by atoms with Crippen LogP contribution in [-0.2, 0) is 14.4 Å². The molecule has 174 valence electrons. The lowest BCUT2D eigenvalue weighted by Crippen LogP contribution is -2.70. The Bertz CT molecular complexity index is 510. The van der Waals surface area contributed by atoms with Crippen molar-refractivity contribution in [2.45, 2.75) is 110 Å². The summed E-state index contributed by atoms with van der Waals surface area (Å²) in [6.07, 6.45) is 15.1. The molecule has 3 atom stereocenters. The van der Waals surface area contributed by atoms with E-state index in [-0.39, 0.29) is 6.54 Å². The third kappa shape index (κ3) is 8.86. The smallest absolute Gasteiger partial charge is 0.362 e. The van der Waals surface area contributed by atoms with Crippen LogP contribution in [0.4, 0.5) is 0 Å². The summed E-state index contributed by atoms with van der Waals surface area (Å²) in [5, 5.41) is 28.7. The van der Waals surface area contributed by atoms with E-state index in [4.69, 9.17) is 0 Å². The minimum Gasteiger partial charge on any atom is -0.477 e. The van der Waals surface area contributed by atoms with Crippen LogP contribution < -0.4 is 0 Å². The molecule has 0 heterocycles.